The van der Waals surface area contributed by atoms with E-state index >= 15 is 0 Å². The summed E-state index contributed by atoms with van der Waals surface area (Å²) in [6, 6.07) is 18.6. The van der Waals surface area contributed by atoms with Crippen molar-refractivity contribution in [2.24, 2.45) is 11.0 Å². The summed E-state index contributed by atoms with van der Waals surface area (Å²) in [4.78, 5) is 25.5. The van der Waals surface area contributed by atoms with Gasteiger partial charge >= 0.3 is 0 Å². The molecule has 0 heterocycles. The van der Waals surface area contributed by atoms with E-state index in [1.165, 1.54) is 13.3 Å². The van der Waals surface area contributed by atoms with Crippen molar-refractivity contribution in [2.45, 2.75) is 32.9 Å². The van der Waals surface area contributed by atoms with E-state index in [1.54, 1.807) is 42.5 Å². The fourth-order valence-electron chi connectivity index (χ4n) is 3.65. The summed E-state index contributed by atoms with van der Waals surface area (Å²) in [6.45, 7) is 4.14. The molecule has 0 bridgehead atoms. The van der Waals surface area contributed by atoms with Crippen LogP contribution in [0.5, 0.6) is 11.5 Å². The second-order valence-corrected chi connectivity index (χ2v) is 10.6. The molecule has 1 unspecified atom stereocenters. The molecular formula is C29H28ClIN4O4. The minimum Gasteiger partial charge on any atom is -0.493 e. The van der Waals surface area contributed by atoms with Crippen molar-refractivity contribution in [3.05, 3.63) is 91.5 Å². The smallest absolute Gasteiger partial charge is 0.262 e. The monoisotopic (exact) mass is 658 g/mol. The molecule has 0 fully saturated rings. The van der Waals surface area contributed by atoms with Gasteiger partial charge in [0.15, 0.2) is 11.5 Å². The highest BCUT2D eigenvalue weighted by Crippen LogP contribution is 2.34. The van der Waals surface area contributed by atoms with Crippen LogP contribution in [0.4, 0.5) is 0 Å². The van der Waals surface area contributed by atoms with Gasteiger partial charge in [0.05, 0.1) is 28.5 Å². The fraction of sp³-hybridized carbons (Fsp3) is 0.241. The molecule has 0 spiro atoms. The Bertz CT molecular complexity index is 1390. The lowest BCUT2D eigenvalue weighted by atomic mass is 10.0. The molecule has 2 amide bonds. The zero-order chi connectivity index (χ0) is 28.4. The third kappa shape index (κ3) is 8.70. The Balaban J connectivity index is 1.68. The van der Waals surface area contributed by atoms with Crippen LogP contribution in [0.2, 0.25) is 5.02 Å². The van der Waals surface area contributed by atoms with E-state index in [-0.39, 0.29) is 18.4 Å². The number of methoxy groups -OCH3 is 1. The van der Waals surface area contributed by atoms with E-state index in [9.17, 15) is 14.9 Å². The highest BCUT2D eigenvalue weighted by Gasteiger charge is 2.22. The van der Waals surface area contributed by atoms with Gasteiger partial charge in [-0.15, -0.1) is 0 Å². The predicted molar refractivity (Wildman–Crippen MR) is 159 cm³/mol. The van der Waals surface area contributed by atoms with Crippen LogP contribution in [0, 0.1) is 20.8 Å². The highest BCUT2D eigenvalue weighted by molar-refractivity contribution is 14.1. The van der Waals surface area contributed by atoms with E-state index in [4.69, 9.17) is 21.1 Å². The normalized spacial score (nSPS) is 11.6. The lowest BCUT2D eigenvalue weighted by Gasteiger charge is -2.19. The maximum absolute atomic E-state index is 12.9. The Morgan fingerprint density at radius 2 is 1.87 bits per heavy atom. The third-order valence-corrected chi connectivity index (χ3v) is 6.64. The van der Waals surface area contributed by atoms with Crippen LogP contribution in [0.25, 0.3) is 0 Å². The fourth-order valence-corrected chi connectivity index (χ4v) is 4.56. The van der Waals surface area contributed by atoms with Crippen molar-refractivity contribution >= 4 is 52.2 Å². The molecule has 0 radical (unpaired) electrons. The van der Waals surface area contributed by atoms with Crippen LogP contribution in [0.3, 0.4) is 0 Å². The zero-order valence-electron chi connectivity index (χ0n) is 21.7. The van der Waals surface area contributed by atoms with Crippen molar-refractivity contribution in [3.8, 4) is 17.6 Å². The number of carbonyl (C=O) groups is 2. The van der Waals surface area contributed by atoms with E-state index in [0.29, 0.717) is 39.6 Å². The first kappa shape index (κ1) is 29.9. The molecule has 0 saturated carbocycles. The van der Waals surface area contributed by atoms with Gasteiger partial charge in [-0.2, -0.15) is 10.4 Å². The molecule has 202 valence electrons. The van der Waals surface area contributed by atoms with E-state index in [1.807, 2.05) is 32.0 Å². The van der Waals surface area contributed by atoms with Crippen molar-refractivity contribution in [1.29, 1.82) is 5.26 Å². The van der Waals surface area contributed by atoms with Gasteiger partial charge in [0.25, 0.3) is 11.8 Å². The summed E-state index contributed by atoms with van der Waals surface area (Å²) in [6.07, 6.45) is 1.93. The zero-order valence-corrected chi connectivity index (χ0v) is 24.6. The third-order valence-electron chi connectivity index (χ3n) is 5.59. The molecule has 0 aliphatic carbocycles. The average Bonchev–Trinajstić information content (AvgIpc) is 2.92. The molecule has 2 N–H and O–H groups in total. The summed E-state index contributed by atoms with van der Waals surface area (Å²) in [7, 11) is 1.53. The quantitative estimate of drug-likeness (QED) is 0.156. The van der Waals surface area contributed by atoms with Crippen LogP contribution in [-0.2, 0) is 11.4 Å². The van der Waals surface area contributed by atoms with Gasteiger partial charge in [0, 0.05) is 16.1 Å². The molecule has 39 heavy (non-hydrogen) atoms. The molecular weight excluding hydrogens is 631 g/mol. The average molecular weight is 659 g/mol. The summed E-state index contributed by atoms with van der Waals surface area (Å²) in [5.74, 6) is 0.378. The molecule has 10 heteroatoms. The van der Waals surface area contributed by atoms with Gasteiger partial charge in [-0.3, -0.25) is 9.59 Å². The number of hydrogen-bond acceptors (Lipinski definition) is 6. The van der Waals surface area contributed by atoms with Gasteiger partial charge < -0.3 is 14.8 Å². The summed E-state index contributed by atoms with van der Waals surface area (Å²) in [5, 5.41) is 16.7. The lowest BCUT2D eigenvalue weighted by molar-refractivity contribution is -0.123. The Kier molecular flexibility index (Phi) is 11.1. The van der Waals surface area contributed by atoms with Crippen molar-refractivity contribution in [3.63, 3.8) is 0 Å². The Morgan fingerprint density at radius 1 is 1.15 bits per heavy atom. The first-order valence-corrected chi connectivity index (χ1v) is 13.5. The van der Waals surface area contributed by atoms with Crippen LogP contribution in [-0.4, -0.2) is 31.2 Å². The molecule has 0 saturated heterocycles. The minimum atomic E-state index is -0.771. The van der Waals surface area contributed by atoms with E-state index in [2.05, 4.69) is 44.5 Å². The maximum Gasteiger partial charge on any atom is 0.262 e. The van der Waals surface area contributed by atoms with Gasteiger partial charge in [-0.1, -0.05) is 43.6 Å². The standard InChI is InChI=1S/C29H28ClIN4O4/c1-18(2)12-25(34-28(36)20-8-10-23(30)11-9-20)29(37)35-33-16-19-13-24(31)27(26(14-19)38-3)39-17-22-7-5-4-6-21(22)15-32/h4-11,13-14,16,18,25H,12,17H2,1-3H3,(H,34,36)(H,35,37). The molecule has 3 aromatic rings. The number of rotatable bonds is 11. The summed E-state index contributed by atoms with van der Waals surface area (Å²) < 4.78 is 12.3. The lowest BCUT2D eigenvalue weighted by Crippen LogP contribution is -2.46. The van der Waals surface area contributed by atoms with Crippen molar-refractivity contribution < 1.29 is 19.1 Å². The van der Waals surface area contributed by atoms with Gasteiger partial charge in [-0.25, -0.2) is 5.43 Å². The van der Waals surface area contributed by atoms with E-state index in [0.717, 1.165) is 9.13 Å². The molecule has 3 rings (SSSR count). The second kappa shape index (κ2) is 14.5. The highest BCUT2D eigenvalue weighted by atomic mass is 127. The van der Waals surface area contributed by atoms with Gasteiger partial charge in [-0.05, 0) is 83.0 Å². The number of benzene rings is 3. The number of nitrogens with one attached hydrogen (secondary N) is 2. The number of hydrogen-bond donors (Lipinski definition) is 2. The van der Waals surface area contributed by atoms with Gasteiger partial charge in [0.2, 0.25) is 0 Å². The van der Waals surface area contributed by atoms with Crippen LogP contribution in [0.1, 0.15) is 47.3 Å². The molecule has 3 aromatic carbocycles. The molecule has 0 aliphatic rings. The van der Waals surface area contributed by atoms with Gasteiger partial charge in [0.1, 0.15) is 12.6 Å². The summed E-state index contributed by atoms with van der Waals surface area (Å²) >= 11 is 8.03. The number of amides is 2. The molecule has 0 aromatic heterocycles. The number of hydrazone groups is 1. The Morgan fingerprint density at radius 3 is 2.54 bits per heavy atom. The molecule has 1 atom stereocenters. The minimum absolute atomic E-state index is 0.161. The maximum atomic E-state index is 12.9. The van der Waals surface area contributed by atoms with Crippen LogP contribution >= 0.6 is 34.2 Å². The van der Waals surface area contributed by atoms with E-state index < -0.39 is 11.9 Å². The number of nitrogens with zero attached hydrogens (tertiary/aromatic N) is 2. The predicted octanol–water partition coefficient (Wildman–Crippen LogP) is 5.70. The molecule has 8 nitrogen and oxygen atoms in total. The van der Waals surface area contributed by atoms with Crippen LogP contribution in [0.15, 0.2) is 65.8 Å². The van der Waals surface area contributed by atoms with Crippen LogP contribution < -0.4 is 20.2 Å². The topological polar surface area (TPSA) is 113 Å². The first-order valence-electron chi connectivity index (χ1n) is 12.1. The first-order chi connectivity index (χ1) is 18.7. The van der Waals surface area contributed by atoms with Crippen molar-refractivity contribution in [1.82, 2.24) is 10.7 Å². The van der Waals surface area contributed by atoms with Crippen molar-refractivity contribution in [2.75, 3.05) is 7.11 Å². The number of carbonyl (C=O) groups excluding carboxylic acids is 2. The number of nitriles is 1. The molecule has 0 aliphatic heterocycles. The number of ether oxygens (including phenoxy) is 2. The Hall–Kier alpha value is -3.62. The number of halogens is 2. The largest absolute Gasteiger partial charge is 0.493 e. The SMILES string of the molecule is COc1cc(C=NNC(=O)C(CC(C)C)NC(=O)c2ccc(Cl)cc2)cc(I)c1OCc1ccccc1C#N. The Labute approximate surface area is 246 Å². The second-order valence-electron chi connectivity index (χ2n) is 8.99. The summed E-state index contributed by atoms with van der Waals surface area (Å²) in [5.41, 5.74) is 4.92.